The first-order chi connectivity index (χ1) is 9.84. The van der Waals surface area contributed by atoms with Gasteiger partial charge in [0.15, 0.2) is 5.65 Å². The zero-order valence-corrected chi connectivity index (χ0v) is 10.8. The van der Waals surface area contributed by atoms with Gasteiger partial charge in [-0.05, 0) is 12.1 Å². The summed E-state index contributed by atoms with van der Waals surface area (Å²) in [4.78, 5) is 18.2. The predicted molar refractivity (Wildman–Crippen MR) is 74.7 cm³/mol. The maximum atomic E-state index is 11.5. The molecule has 0 aliphatic rings. The van der Waals surface area contributed by atoms with Gasteiger partial charge >= 0.3 is 0 Å². The Morgan fingerprint density at radius 3 is 2.95 bits per heavy atom. The molecule has 0 bridgehead atoms. The number of nitrogens with zero attached hydrogens (tertiary/aromatic N) is 3. The molecule has 0 saturated heterocycles. The third-order valence-corrected chi connectivity index (χ3v) is 2.96. The molecule has 0 saturated carbocycles. The molecule has 0 amide bonds. The van der Waals surface area contributed by atoms with Crippen LogP contribution in [0.3, 0.4) is 0 Å². The number of rotatable bonds is 5. The van der Waals surface area contributed by atoms with E-state index in [0.717, 1.165) is 12.2 Å². The number of aryl methyl sites for hydroxylation is 1. The smallest absolute Gasteiger partial charge is 0.261 e. The van der Waals surface area contributed by atoms with Crippen molar-refractivity contribution in [1.29, 1.82) is 0 Å². The Morgan fingerprint density at radius 2 is 2.10 bits per heavy atom. The fourth-order valence-electron chi connectivity index (χ4n) is 1.99. The molecule has 2 heterocycles. The maximum Gasteiger partial charge on any atom is 0.261 e. The summed E-state index contributed by atoms with van der Waals surface area (Å²) in [5, 5.41) is 4.69. The summed E-state index contributed by atoms with van der Waals surface area (Å²) in [6.07, 6.45) is 3.72. The van der Waals surface area contributed by atoms with Gasteiger partial charge in [-0.3, -0.25) is 4.79 Å². The van der Waals surface area contributed by atoms with E-state index < -0.39 is 0 Å². The Morgan fingerprint density at radius 1 is 1.25 bits per heavy atom. The van der Waals surface area contributed by atoms with E-state index in [1.807, 2.05) is 30.3 Å². The monoisotopic (exact) mass is 270 g/mol. The highest BCUT2D eigenvalue weighted by atomic mass is 16.5. The van der Waals surface area contributed by atoms with Gasteiger partial charge in [0.1, 0.15) is 11.1 Å². The van der Waals surface area contributed by atoms with Crippen molar-refractivity contribution in [2.24, 2.45) is 0 Å². The van der Waals surface area contributed by atoms with Crippen molar-refractivity contribution in [3.05, 3.63) is 53.2 Å². The Balaban J connectivity index is 1.61. The highest BCUT2D eigenvalue weighted by Gasteiger charge is 2.06. The molecule has 0 spiro atoms. The number of hydrogen-bond acceptors (Lipinski definition) is 4. The second kappa shape index (κ2) is 5.56. The Labute approximate surface area is 115 Å². The van der Waals surface area contributed by atoms with Crippen molar-refractivity contribution in [3.63, 3.8) is 0 Å². The molecule has 1 N–H and O–H groups in total. The highest BCUT2D eigenvalue weighted by molar-refractivity contribution is 5.72. The van der Waals surface area contributed by atoms with E-state index in [2.05, 4.69) is 15.1 Å². The molecule has 0 atom stereocenters. The van der Waals surface area contributed by atoms with Crippen molar-refractivity contribution in [2.45, 2.75) is 13.0 Å². The van der Waals surface area contributed by atoms with Gasteiger partial charge in [0.2, 0.25) is 0 Å². The lowest BCUT2D eigenvalue weighted by Crippen LogP contribution is -2.09. The minimum absolute atomic E-state index is 0.165. The van der Waals surface area contributed by atoms with E-state index in [1.54, 1.807) is 10.9 Å². The first-order valence-electron chi connectivity index (χ1n) is 6.41. The average Bonchev–Trinajstić information content (AvgIpc) is 2.90. The van der Waals surface area contributed by atoms with Crippen molar-refractivity contribution in [1.82, 2.24) is 19.7 Å². The molecule has 3 rings (SSSR count). The molecule has 0 unspecified atom stereocenters. The van der Waals surface area contributed by atoms with Crippen molar-refractivity contribution in [2.75, 3.05) is 6.61 Å². The number of benzene rings is 1. The average molecular weight is 270 g/mol. The van der Waals surface area contributed by atoms with E-state index in [-0.39, 0.29) is 5.56 Å². The van der Waals surface area contributed by atoms with Crippen LogP contribution in [0.5, 0.6) is 5.75 Å². The normalized spacial score (nSPS) is 10.8. The van der Waals surface area contributed by atoms with Gasteiger partial charge in [0.25, 0.3) is 5.56 Å². The van der Waals surface area contributed by atoms with Crippen LogP contribution in [0.2, 0.25) is 0 Å². The van der Waals surface area contributed by atoms with Crippen LogP contribution in [-0.4, -0.2) is 26.4 Å². The van der Waals surface area contributed by atoms with E-state index in [9.17, 15) is 4.79 Å². The van der Waals surface area contributed by atoms with Crippen LogP contribution in [0.4, 0.5) is 0 Å². The van der Waals surface area contributed by atoms with Gasteiger partial charge in [0, 0.05) is 13.0 Å². The topological polar surface area (TPSA) is 72.8 Å². The summed E-state index contributed by atoms with van der Waals surface area (Å²) in [5.74, 6) is 0.854. The second-order valence-corrected chi connectivity index (χ2v) is 4.35. The van der Waals surface area contributed by atoms with Crippen molar-refractivity contribution in [3.8, 4) is 5.75 Å². The number of H-pyrrole nitrogens is 1. The summed E-state index contributed by atoms with van der Waals surface area (Å²) in [7, 11) is 0. The maximum absolute atomic E-state index is 11.5. The zero-order valence-electron chi connectivity index (χ0n) is 10.8. The minimum atomic E-state index is -0.165. The summed E-state index contributed by atoms with van der Waals surface area (Å²) < 4.78 is 7.33. The number of nitrogens with one attached hydrogen (secondary N) is 1. The van der Waals surface area contributed by atoms with Gasteiger partial charge in [-0.2, -0.15) is 5.10 Å². The van der Waals surface area contributed by atoms with E-state index in [4.69, 9.17) is 4.74 Å². The number of aromatic amines is 1. The lowest BCUT2D eigenvalue weighted by Gasteiger charge is -2.06. The molecule has 6 nitrogen and oxygen atoms in total. The number of hydrogen-bond donors (Lipinski definition) is 1. The fourth-order valence-corrected chi connectivity index (χ4v) is 1.99. The van der Waals surface area contributed by atoms with Crippen LogP contribution in [-0.2, 0) is 6.54 Å². The fraction of sp³-hybridized carbons (Fsp3) is 0.214. The van der Waals surface area contributed by atoms with E-state index >= 15 is 0 Å². The quantitative estimate of drug-likeness (QED) is 0.714. The molecule has 0 fully saturated rings. The molecular formula is C14H14N4O2. The van der Waals surface area contributed by atoms with Gasteiger partial charge in [-0.25, -0.2) is 9.67 Å². The van der Waals surface area contributed by atoms with Crippen LogP contribution >= 0.6 is 0 Å². The Kier molecular flexibility index (Phi) is 3.45. The standard InChI is InChI=1S/C14H14N4O2/c19-14-12-9-17-18(13(12)15-10-16-14)7-4-8-20-11-5-2-1-3-6-11/h1-3,5-6,9-10H,4,7-8H2,(H,15,16,19). The number of para-hydroxylation sites is 1. The minimum Gasteiger partial charge on any atom is -0.494 e. The first-order valence-corrected chi connectivity index (χ1v) is 6.41. The van der Waals surface area contributed by atoms with Crippen LogP contribution in [0.15, 0.2) is 47.7 Å². The lowest BCUT2D eigenvalue weighted by atomic mass is 10.3. The molecule has 1 aromatic carbocycles. The highest BCUT2D eigenvalue weighted by Crippen LogP contribution is 2.09. The van der Waals surface area contributed by atoms with Gasteiger partial charge < -0.3 is 9.72 Å². The molecule has 102 valence electrons. The van der Waals surface area contributed by atoms with Gasteiger partial charge in [-0.1, -0.05) is 18.2 Å². The van der Waals surface area contributed by atoms with Crippen molar-refractivity contribution < 1.29 is 4.74 Å². The SMILES string of the molecule is O=c1[nH]cnc2c1cnn2CCCOc1ccccc1. The molecule has 0 aliphatic carbocycles. The third-order valence-electron chi connectivity index (χ3n) is 2.96. The van der Waals surface area contributed by atoms with Crippen LogP contribution in [0, 0.1) is 0 Å². The molecule has 6 heteroatoms. The molecule has 2 aromatic heterocycles. The molecule has 3 aromatic rings. The number of ether oxygens (including phenoxy) is 1. The van der Waals surface area contributed by atoms with Crippen LogP contribution < -0.4 is 10.3 Å². The molecular weight excluding hydrogens is 256 g/mol. The molecule has 0 radical (unpaired) electrons. The number of aromatic nitrogens is 4. The van der Waals surface area contributed by atoms with Crippen LogP contribution in [0.25, 0.3) is 11.0 Å². The summed E-state index contributed by atoms with van der Waals surface area (Å²) in [6, 6.07) is 9.67. The van der Waals surface area contributed by atoms with E-state index in [1.165, 1.54) is 6.33 Å². The predicted octanol–water partition coefficient (Wildman–Crippen LogP) is 1.59. The van der Waals surface area contributed by atoms with Crippen LogP contribution in [0.1, 0.15) is 6.42 Å². The summed E-state index contributed by atoms with van der Waals surface area (Å²) in [6.45, 7) is 1.25. The van der Waals surface area contributed by atoms with Crippen molar-refractivity contribution >= 4 is 11.0 Å². The van der Waals surface area contributed by atoms with Gasteiger partial charge in [-0.15, -0.1) is 0 Å². The van der Waals surface area contributed by atoms with E-state index in [0.29, 0.717) is 24.2 Å². The number of fused-ring (bicyclic) bond motifs is 1. The Hall–Kier alpha value is -2.63. The summed E-state index contributed by atoms with van der Waals surface area (Å²) in [5.41, 5.74) is 0.440. The Bertz CT molecular complexity index is 748. The zero-order chi connectivity index (χ0) is 13.8. The second-order valence-electron chi connectivity index (χ2n) is 4.35. The lowest BCUT2D eigenvalue weighted by molar-refractivity contribution is 0.299. The first kappa shape index (κ1) is 12.4. The molecule has 20 heavy (non-hydrogen) atoms. The van der Waals surface area contributed by atoms with Gasteiger partial charge in [0.05, 0.1) is 19.1 Å². The molecule has 0 aliphatic heterocycles. The third kappa shape index (κ3) is 2.54. The summed E-state index contributed by atoms with van der Waals surface area (Å²) >= 11 is 0. The largest absolute Gasteiger partial charge is 0.494 e.